The lowest BCUT2D eigenvalue weighted by Crippen LogP contribution is -2.48. The van der Waals surface area contributed by atoms with Crippen LogP contribution in [0.5, 0.6) is 0 Å². The number of hydrogen-bond acceptors (Lipinski definition) is 4. The second kappa shape index (κ2) is 7.21. The van der Waals surface area contributed by atoms with Gasteiger partial charge in [0.15, 0.2) is 0 Å². The largest absolute Gasteiger partial charge is 0.339 e. The van der Waals surface area contributed by atoms with E-state index in [1.807, 2.05) is 4.90 Å². The Morgan fingerprint density at radius 2 is 1.54 bits per heavy atom. The van der Waals surface area contributed by atoms with Crippen molar-refractivity contribution in [2.75, 3.05) is 45.8 Å². The van der Waals surface area contributed by atoms with Crippen LogP contribution in [0.3, 0.4) is 0 Å². The molecule has 2 heterocycles. The van der Waals surface area contributed by atoms with Crippen LogP contribution in [0.15, 0.2) is 29.2 Å². The van der Waals surface area contributed by atoms with Crippen LogP contribution in [-0.4, -0.2) is 74.2 Å². The summed E-state index contributed by atoms with van der Waals surface area (Å²) in [5.74, 6) is -0.00647. The summed E-state index contributed by atoms with van der Waals surface area (Å²) in [6, 6.07) is 6.39. The number of sulfonamides is 1. The van der Waals surface area contributed by atoms with Crippen LogP contribution in [0.2, 0.25) is 0 Å². The summed E-state index contributed by atoms with van der Waals surface area (Å²) in [5, 5.41) is 0. The maximum Gasteiger partial charge on any atom is 0.253 e. The van der Waals surface area contributed by atoms with Crippen molar-refractivity contribution in [2.24, 2.45) is 0 Å². The molecule has 2 aliphatic rings. The van der Waals surface area contributed by atoms with Crippen molar-refractivity contribution in [2.45, 2.75) is 24.7 Å². The van der Waals surface area contributed by atoms with E-state index in [1.54, 1.807) is 24.3 Å². The molecule has 24 heavy (non-hydrogen) atoms. The summed E-state index contributed by atoms with van der Waals surface area (Å²) in [7, 11) is -3.47. The zero-order valence-electron chi connectivity index (χ0n) is 14.1. The van der Waals surface area contributed by atoms with Gasteiger partial charge in [-0.2, -0.15) is 4.31 Å². The first-order valence-electron chi connectivity index (χ1n) is 8.64. The molecule has 6 nitrogen and oxygen atoms in total. The van der Waals surface area contributed by atoms with E-state index in [0.29, 0.717) is 18.7 Å². The Labute approximate surface area is 144 Å². The van der Waals surface area contributed by atoms with Crippen LogP contribution >= 0.6 is 0 Å². The predicted octanol–water partition coefficient (Wildman–Crippen LogP) is 1.25. The maximum absolute atomic E-state index is 12.7. The Balaban J connectivity index is 1.71. The Bertz CT molecular complexity index is 674. The normalized spacial score (nSPS) is 20.5. The number of carbonyl (C=O) groups excluding carboxylic acids is 1. The SMILES string of the molecule is CCN1CCN(S(=O)(=O)c2ccc(C(=O)N3CCCC3)cc2)CC1. The number of carbonyl (C=O) groups is 1. The fourth-order valence-electron chi connectivity index (χ4n) is 3.31. The Morgan fingerprint density at radius 3 is 2.08 bits per heavy atom. The number of rotatable bonds is 4. The third-order valence-corrected chi connectivity index (χ3v) is 6.82. The first kappa shape index (κ1) is 17.4. The van der Waals surface area contributed by atoms with Gasteiger partial charge >= 0.3 is 0 Å². The molecule has 2 fully saturated rings. The van der Waals surface area contributed by atoms with Crippen molar-refractivity contribution in [3.05, 3.63) is 29.8 Å². The van der Waals surface area contributed by atoms with Crippen LogP contribution in [0.25, 0.3) is 0 Å². The molecule has 132 valence electrons. The van der Waals surface area contributed by atoms with Gasteiger partial charge in [-0.3, -0.25) is 4.79 Å². The smallest absolute Gasteiger partial charge is 0.253 e. The van der Waals surface area contributed by atoms with Crippen molar-refractivity contribution >= 4 is 15.9 Å². The highest BCUT2D eigenvalue weighted by Gasteiger charge is 2.28. The molecule has 2 aliphatic heterocycles. The number of hydrogen-bond donors (Lipinski definition) is 0. The highest BCUT2D eigenvalue weighted by atomic mass is 32.2. The van der Waals surface area contributed by atoms with Crippen molar-refractivity contribution in [1.29, 1.82) is 0 Å². The van der Waals surface area contributed by atoms with Crippen LogP contribution in [0.4, 0.5) is 0 Å². The Hall–Kier alpha value is -1.44. The average Bonchev–Trinajstić information content (AvgIpc) is 3.16. The second-order valence-corrected chi connectivity index (χ2v) is 8.30. The van der Waals surface area contributed by atoms with Gasteiger partial charge < -0.3 is 9.80 Å². The highest BCUT2D eigenvalue weighted by Crippen LogP contribution is 2.20. The number of likely N-dealkylation sites (tertiary alicyclic amines) is 1. The molecule has 2 saturated heterocycles. The first-order chi connectivity index (χ1) is 11.5. The van der Waals surface area contributed by atoms with Gasteiger partial charge in [-0.1, -0.05) is 6.92 Å². The van der Waals surface area contributed by atoms with Gasteiger partial charge in [0.1, 0.15) is 0 Å². The molecule has 1 aromatic carbocycles. The molecule has 0 saturated carbocycles. The fourth-order valence-corrected chi connectivity index (χ4v) is 4.73. The highest BCUT2D eigenvalue weighted by molar-refractivity contribution is 7.89. The van der Waals surface area contributed by atoms with Crippen LogP contribution in [0.1, 0.15) is 30.1 Å². The minimum Gasteiger partial charge on any atom is -0.339 e. The van der Waals surface area contributed by atoms with Gasteiger partial charge in [-0.05, 0) is 43.7 Å². The molecular formula is C17H25N3O3S. The Morgan fingerprint density at radius 1 is 0.958 bits per heavy atom. The molecule has 0 atom stereocenters. The summed E-state index contributed by atoms with van der Waals surface area (Å²) >= 11 is 0. The van der Waals surface area contributed by atoms with Crippen molar-refractivity contribution < 1.29 is 13.2 Å². The van der Waals surface area contributed by atoms with E-state index < -0.39 is 10.0 Å². The van der Waals surface area contributed by atoms with Gasteiger partial charge in [-0.15, -0.1) is 0 Å². The lowest BCUT2D eigenvalue weighted by atomic mass is 10.2. The number of nitrogens with zero attached hydrogens (tertiary/aromatic N) is 3. The third kappa shape index (κ3) is 3.48. The van der Waals surface area contributed by atoms with Crippen LogP contribution in [-0.2, 0) is 10.0 Å². The number of benzene rings is 1. The van der Waals surface area contributed by atoms with Crippen LogP contribution < -0.4 is 0 Å². The fraction of sp³-hybridized carbons (Fsp3) is 0.588. The molecule has 3 rings (SSSR count). The topological polar surface area (TPSA) is 60.9 Å². The molecule has 0 unspecified atom stereocenters. The van der Waals surface area contributed by atoms with Crippen LogP contribution in [0, 0.1) is 0 Å². The van der Waals surface area contributed by atoms with E-state index in [2.05, 4.69) is 11.8 Å². The minimum atomic E-state index is -3.47. The van der Waals surface area contributed by atoms with E-state index in [9.17, 15) is 13.2 Å². The van der Waals surface area contributed by atoms with Gasteiger partial charge in [0.25, 0.3) is 5.91 Å². The summed E-state index contributed by atoms with van der Waals surface area (Å²) in [5.41, 5.74) is 0.562. The number of likely N-dealkylation sites (N-methyl/N-ethyl adjacent to an activating group) is 1. The zero-order chi connectivity index (χ0) is 17.2. The molecular weight excluding hydrogens is 326 g/mol. The van der Waals surface area contributed by atoms with Crippen molar-refractivity contribution in [3.8, 4) is 0 Å². The van der Waals surface area contributed by atoms with E-state index in [-0.39, 0.29) is 10.8 Å². The second-order valence-electron chi connectivity index (χ2n) is 6.36. The van der Waals surface area contributed by atoms with Gasteiger partial charge in [-0.25, -0.2) is 8.42 Å². The Kier molecular flexibility index (Phi) is 5.22. The molecule has 0 radical (unpaired) electrons. The third-order valence-electron chi connectivity index (χ3n) is 4.91. The summed E-state index contributed by atoms with van der Waals surface area (Å²) in [6.45, 7) is 7.18. The summed E-state index contributed by atoms with van der Waals surface area (Å²) in [6.07, 6.45) is 2.09. The van der Waals surface area contributed by atoms with Crippen molar-refractivity contribution in [3.63, 3.8) is 0 Å². The molecule has 0 bridgehead atoms. The molecule has 0 aromatic heterocycles. The predicted molar refractivity (Wildman–Crippen MR) is 92.5 cm³/mol. The first-order valence-corrected chi connectivity index (χ1v) is 10.1. The average molecular weight is 351 g/mol. The van der Waals surface area contributed by atoms with Gasteiger partial charge in [0, 0.05) is 44.8 Å². The number of amides is 1. The van der Waals surface area contributed by atoms with Gasteiger partial charge in [0.05, 0.1) is 4.90 Å². The lowest BCUT2D eigenvalue weighted by Gasteiger charge is -2.33. The maximum atomic E-state index is 12.7. The monoisotopic (exact) mass is 351 g/mol. The number of piperazine rings is 1. The molecule has 1 aromatic rings. The standard InChI is InChI=1S/C17H25N3O3S/c1-2-18-11-13-20(14-12-18)24(22,23)16-7-5-15(6-8-16)17(21)19-9-3-4-10-19/h5-8H,2-4,9-14H2,1H3. The van der Waals surface area contributed by atoms with E-state index >= 15 is 0 Å². The molecule has 0 N–H and O–H groups in total. The molecule has 0 spiro atoms. The zero-order valence-corrected chi connectivity index (χ0v) is 15.0. The van der Waals surface area contributed by atoms with E-state index in [4.69, 9.17) is 0 Å². The van der Waals surface area contributed by atoms with Gasteiger partial charge in [0.2, 0.25) is 10.0 Å². The minimum absolute atomic E-state index is 0.00647. The summed E-state index contributed by atoms with van der Waals surface area (Å²) in [4.78, 5) is 16.7. The van der Waals surface area contributed by atoms with E-state index in [1.165, 1.54) is 4.31 Å². The van der Waals surface area contributed by atoms with Crippen molar-refractivity contribution in [1.82, 2.24) is 14.1 Å². The summed E-state index contributed by atoms with van der Waals surface area (Å²) < 4.78 is 27.0. The molecule has 1 amide bonds. The van der Waals surface area contributed by atoms with E-state index in [0.717, 1.165) is 45.6 Å². The lowest BCUT2D eigenvalue weighted by molar-refractivity contribution is 0.0792. The quantitative estimate of drug-likeness (QED) is 0.819. The molecule has 0 aliphatic carbocycles. The molecule has 7 heteroatoms.